The van der Waals surface area contributed by atoms with Crippen molar-refractivity contribution in [2.45, 2.75) is 19.0 Å². The van der Waals surface area contributed by atoms with Gasteiger partial charge < -0.3 is 14.6 Å². The van der Waals surface area contributed by atoms with Crippen LogP contribution in [-0.4, -0.2) is 27.9 Å². The van der Waals surface area contributed by atoms with E-state index in [1.165, 1.54) is 4.90 Å². The summed E-state index contributed by atoms with van der Waals surface area (Å²) in [5.41, 5.74) is 1.36. The second-order valence-corrected chi connectivity index (χ2v) is 7.01. The van der Waals surface area contributed by atoms with E-state index in [9.17, 15) is 9.59 Å². The average molecular weight is 405 g/mol. The minimum Gasteiger partial charge on any atom is -0.467 e. The third kappa shape index (κ3) is 4.05. The lowest BCUT2D eigenvalue weighted by atomic mass is 10.2. The van der Waals surface area contributed by atoms with Gasteiger partial charge in [0.15, 0.2) is 5.11 Å². The van der Waals surface area contributed by atoms with Crippen molar-refractivity contribution in [3.8, 4) is 0 Å². The van der Waals surface area contributed by atoms with Gasteiger partial charge in [0.2, 0.25) is 5.91 Å². The number of para-hydroxylation sites is 2. The first-order chi connectivity index (χ1) is 14.1. The summed E-state index contributed by atoms with van der Waals surface area (Å²) in [5.74, 6) is 0.101. The van der Waals surface area contributed by atoms with Crippen LogP contribution < -0.4 is 10.2 Å². The Morgan fingerprint density at radius 2 is 1.72 bits per heavy atom. The molecule has 4 rings (SSSR count). The number of anilines is 2. The van der Waals surface area contributed by atoms with Crippen molar-refractivity contribution in [1.82, 2.24) is 4.90 Å². The van der Waals surface area contributed by atoms with Gasteiger partial charge in [-0.25, -0.2) is 4.90 Å². The average Bonchev–Trinajstić information content (AvgIpc) is 3.35. The zero-order chi connectivity index (χ0) is 20.2. The van der Waals surface area contributed by atoms with Gasteiger partial charge in [0.25, 0.3) is 5.91 Å². The number of benzene rings is 2. The predicted molar refractivity (Wildman–Crippen MR) is 114 cm³/mol. The van der Waals surface area contributed by atoms with Gasteiger partial charge in [-0.15, -0.1) is 0 Å². The Kier molecular flexibility index (Phi) is 5.39. The molecular weight excluding hydrogens is 386 g/mol. The van der Waals surface area contributed by atoms with E-state index in [1.807, 2.05) is 42.5 Å². The number of hydrogen-bond donors (Lipinski definition) is 1. The minimum atomic E-state index is -0.712. The van der Waals surface area contributed by atoms with E-state index in [0.717, 1.165) is 5.69 Å². The number of furan rings is 1. The lowest BCUT2D eigenvalue weighted by molar-refractivity contribution is -0.122. The molecule has 0 radical (unpaired) electrons. The van der Waals surface area contributed by atoms with Crippen molar-refractivity contribution >= 4 is 40.5 Å². The Labute approximate surface area is 173 Å². The maximum absolute atomic E-state index is 13.2. The van der Waals surface area contributed by atoms with Crippen LogP contribution in [0, 0.1) is 0 Å². The van der Waals surface area contributed by atoms with E-state index in [0.29, 0.717) is 16.6 Å². The summed E-state index contributed by atoms with van der Waals surface area (Å²) in [6.07, 6.45) is 1.62. The van der Waals surface area contributed by atoms with Gasteiger partial charge in [-0.2, -0.15) is 0 Å². The number of amides is 2. The van der Waals surface area contributed by atoms with Crippen molar-refractivity contribution in [2.75, 3.05) is 10.2 Å². The van der Waals surface area contributed by atoms with Crippen molar-refractivity contribution < 1.29 is 14.0 Å². The Balaban J connectivity index is 1.61. The normalized spacial score (nSPS) is 16.1. The number of imide groups is 1. The van der Waals surface area contributed by atoms with E-state index in [4.69, 9.17) is 16.6 Å². The first kappa shape index (κ1) is 18.9. The molecule has 1 saturated heterocycles. The molecule has 1 atom stereocenters. The van der Waals surface area contributed by atoms with E-state index >= 15 is 0 Å². The minimum absolute atomic E-state index is 0.0467. The SMILES string of the molecule is O=C1CC(N(Cc2ccco2)C(=S)Nc2ccccc2)C(=O)N1c1ccccc1. The highest BCUT2D eigenvalue weighted by atomic mass is 32.1. The fourth-order valence-electron chi connectivity index (χ4n) is 3.32. The fourth-order valence-corrected chi connectivity index (χ4v) is 3.63. The molecule has 0 bridgehead atoms. The molecule has 1 aliphatic rings. The molecule has 29 heavy (non-hydrogen) atoms. The highest BCUT2D eigenvalue weighted by Gasteiger charge is 2.43. The molecule has 146 valence electrons. The smallest absolute Gasteiger partial charge is 0.257 e. The molecule has 3 aromatic rings. The van der Waals surface area contributed by atoms with Gasteiger partial charge in [0.1, 0.15) is 11.8 Å². The van der Waals surface area contributed by atoms with Crippen LogP contribution in [0.15, 0.2) is 83.5 Å². The molecule has 1 unspecified atom stereocenters. The Bertz CT molecular complexity index is 1010. The Morgan fingerprint density at radius 3 is 2.38 bits per heavy atom. The van der Waals surface area contributed by atoms with Crippen LogP contribution in [0.3, 0.4) is 0 Å². The highest BCUT2D eigenvalue weighted by molar-refractivity contribution is 7.80. The highest BCUT2D eigenvalue weighted by Crippen LogP contribution is 2.27. The lowest BCUT2D eigenvalue weighted by Crippen LogP contribution is -2.46. The number of carbonyl (C=O) groups excluding carboxylic acids is 2. The zero-order valence-electron chi connectivity index (χ0n) is 15.5. The largest absolute Gasteiger partial charge is 0.467 e. The number of hydrogen-bond acceptors (Lipinski definition) is 4. The molecule has 6 nitrogen and oxygen atoms in total. The topological polar surface area (TPSA) is 65.8 Å². The maximum atomic E-state index is 13.2. The first-order valence-corrected chi connectivity index (χ1v) is 9.61. The molecule has 2 amide bonds. The molecular formula is C22H19N3O3S. The quantitative estimate of drug-likeness (QED) is 0.514. The second kappa shape index (κ2) is 8.28. The summed E-state index contributed by atoms with van der Waals surface area (Å²) in [6, 6.07) is 21.3. The van der Waals surface area contributed by atoms with Crippen LogP contribution in [0.25, 0.3) is 0 Å². The van der Waals surface area contributed by atoms with E-state index < -0.39 is 6.04 Å². The van der Waals surface area contributed by atoms with Crippen LogP contribution in [0.2, 0.25) is 0 Å². The molecule has 1 N–H and O–H groups in total. The predicted octanol–water partition coefficient (Wildman–Crippen LogP) is 3.81. The summed E-state index contributed by atoms with van der Waals surface area (Å²) in [7, 11) is 0. The Morgan fingerprint density at radius 1 is 1.03 bits per heavy atom. The van der Waals surface area contributed by atoms with Gasteiger partial charge in [0, 0.05) is 5.69 Å². The van der Waals surface area contributed by atoms with Crippen LogP contribution in [0.1, 0.15) is 12.2 Å². The summed E-state index contributed by atoms with van der Waals surface area (Å²) in [4.78, 5) is 28.8. The van der Waals surface area contributed by atoms with E-state index in [1.54, 1.807) is 41.5 Å². The summed E-state index contributed by atoms with van der Waals surface area (Å²) in [6.45, 7) is 0.276. The van der Waals surface area contributed by atoms with Gasteiger partial charge in [-0.3, -0.25) is 9.59 Å². The molecule has 0 spiro atoms. The third-order valence-electron chi connectivity index (χ3n) is 4.71. The molecule has 7 heteroatoms. The first-order valence-electron chi connectivity index (χ1n) is 9.20. The number of nitrogens with one attached hydrogen (secondary N) is 1. The summed E-state index contributed by atoms with van der Waals surface area (Å²) in [5, 5.41) is 3.51. The molecule has 0 aliphatic carbocycles. The van der Waals surface area contributed by atoms with Crippen LogP contribution in [0.5, 0.6) is 0 Å². The van der Waals surface area contributed by atoms with E-state index in [2.05, 4.69) is 5.32 Å². The van der Waals surface area contributed by atoms with Gasteiger partial charge in [0.05, 0.1) is 24.9 Å². The van der Waals surface area contributed by atoms with Crippen LogP contribution >= 0.6 is 12.2 Å². The monoisotopic (exact) mass is 405 g/mol. The standard InChI is InChI=1S/C22H19N3O3S/c26-20-14-19(21(27)25(20)17-10-5-2-6-11-17)24(15-18-12-7-13-28-18)22(29)23-16-8-3-1-4-9-16/h1-13,19H,14-15H2,(H,23,29). The Hall–Kier alpha value is -3.45. The van der Waals surface area contributed by atoms with Crippen molar-refractivity contribution in [3.63, 3.8) is 0 Å². The van der Waals surface area contributed by atoms with Crippen molar-refractivity contribution in [2.24, 2.45) is 0 Å². The second-order valence-electron chi connectivity index (χ2n) is 6.63. The van der Waals surface area contributed by atoms with Crippen LogP contribution in [-0.2, 0) is 16.1 Å². The van der Waals surface area contributed by atoms with E-state index in [-0.39, 0.29) is 24.8 Å². The zero-order valence-corrected chi connectivity index (χ0v) is 16.3. The number of rotatable bonds is 5. The molecule has 2 aromatic carbocycles. The maximum Gasteiger partial charge on any atom is 0.257 e. The number of thiocarbonyl (C=S) groups is 1. The van der Waals surface area contributed by atoms with Gasteiger partial charge >= 0.3 is 0 Å². The van der Waals surface area contributed by atoms with Crippen molar-refractivity contribution in [3.05, 3.63) is 84.8 Å². The molecule has 1 aliphatic heterocycles. The van der Waals surface area contributed by atoms with Gasteiger partial charge in [-0.1, -0.05) is 36.4 Å². The van der Waals surface area contributed by atoms with Gasteiger partial charge in [-0.05, 0) is 48.6 Å². The summed E-state index contributed by atoms with van der Waals surface area (Å²) < 4.78 is 5.46. The van der Waals surface area contributed by atoms with Crippen LogP contribution in [0.4, 0.5) is 11.4 Å². The molecule has 1 aromatic heterocycles. The molecule has 2 heterocycles. The third-order valence-corrected chi connectivity index (χ3v) is 5.04. The number of carbonyl (C=O) groups is 2. The number of nitrogens with zero attached hydrogens (tertiary/aromatic N) is 2. The molecule has 1 fully saturated rings. The molecule has 0 saturated carbocycles. The summed E-state index contributed by atoms with van der Waals surface area (Å²) >= 11 is 5.61. The fraction of sp³-hybridized carbons (Fsp3) is 0.136. The van der Waals surface area contributed by atoms with Crippen molar-refractivity contribution in [1.29, 1.82) is 0 Å². The lowest BCUT2D eigenvalue weighted by Gasteiger charge is -2.29.